The van der Waals surface area contributed by atoms with Gasteiger partial charge in [-0.2, -0.15) is 0 Å². The molecule has 0 aliphatic carbocycles. The highest BCUT2D eigenvalue weighted by molar-refractivity contribution is 5.71. The molecule has 4 nitrogen and oxygen atoms in total. The standard InChI is InChI=1S/C12H7FN4/c13-9-5-3-8(4-6-9)11-15-10-2-1-7-14-12(10)17-16-11/h1-7H. The molecule has 0 amide bonds. The molecule has 3 aromatic rings. The molecule has 0 bridgehead atoms. The van der Waals surface area contributed by atoms with Gasteiger partial charge >= 0.3 is 0 Å². The highest BCUT2D eigenvalue weighted by Crippen LogP contribution is 2.16. The molecular formula is C12H7FN4. The third kappa shape index (κ3) is 1.82. The lowest BCUT2D eigenvalue weighted by atomic mass is 10.2. The molecule has 17 heavy (non-hydrogen) atoms. The molecule has 0 fully saturated rings. The van der Waals surface area contributed by atoms with Crippen LogP contribution in [0.15, 0.2) is 42.6 Å². The van der Waals surface area contributed by atoms with E-state index in [4.69, 9.17) is 0 Å². The first-order chi connectivity index (χ1) is 8.33. The Hall–Kier alpha value is -2.43. The molecule has 5 heteroatoms. The van der Waals surface area contributed by atoms with Crippen LogP contribution in [-0.4, -0.2) is 20.2 Å². The van der Waals surface area contributed by atoms with E-state index >= 15 is 0 Å². The van der Waals surface area contributed by atoms with Crippen molar-refractivity contribution in [3.05, 3.63) is 48.4 Å². The molecule has 0 unspecified atom stereocenters. The Balaban J connectivity index is 2.14. The van der Waals surface area contributed by atoms with Crippen molar-refractivity contribution in [2.45, 2.75) is 0 Å². The molecule has 0 N–H and O–H groups in total. The summed E-state index contributed by atoms with van der Waals surface area (Å²) in [6.07, 6.45) is 1.64. The summed E-state index contributed by atoms with van der Waals surface area (Å²) in [7, 11) is 0. The zero-order chi connectivity index (χ0) is 11.7. The van der Waals surface area contributed by atoms with Crippen LogP contribution in [0.2, 0.25) is 0 Å². The lowest BCUT2D eigenvalue weighted by Crippen LogP contribution is -1.95. The number of rotatable bonds is 1. The van der Waals surface area contributed by atoms with Crippen molar-refractivity contribution in [2.75, 3.05) is 0 Å². The fraction of sp³-hybridized carbons (Fsp3) is 0. The van der Waals surface area contributed by atoms with Gasteiger partial charge < -0.3 is 0 Å². The predicted octanol–water partition coefficient (Wildman–Crippen LogP) is 2.23. The summed E-state index contributed by atoms with van der Waals surface area (Å²) in [4.78, 5) is 8.35. The highest BCUT2D eigenvalue weighted by Gasteiger charge is 2.04. The number of fused-ring (bicyclic) bond motifs is 1. The van der Waals surface area contributed by atoms with Gasteiger partial charge in [0.05, 0.1) is 0 Å². The van der Waals surface area contributed by atoms with Gasteiger partial charge in [-0.3, -0.25) is 0 Å². The van der Waals surface area contributed by atoms with Crippen molar-refractivity contribution in [1.82, 2.24) is 20.2 Å². The van der Waals surface area contributed by atoms with Gasteiger partial charge in [-0.25, -0.2) is 14.4 Å². The zero-order valence-electron chi connectivity index (χ0n) is 8.71. The van der Waals surface area contributed by atoms with Crippen LogP contribution in [-0.2, 0) is 0 Å². The summed E-state index contributed by atoms with van der Waals surface area (Å²) >= 11 is 0. The van der Waals surface area contributed by atoms with Gasteiger partial charge in [0.15, 0.2) is 11.5 Å². The molecule has 82 valence electrons. The van der Waals surface area contributed by atoms with E-state index in [-0.39, 0.29) is 5.82 Å². The fourth-order valence-corrected chi connectivity index (χ4v) is 1.51. The molecule has 0 radical (unpaired) electrons. The minimum absolute atomic E-state index is 0.288. The third-order valence-electron chi connectivity index (χ3n) is 2.33. The van der Waals surface area contributed by atoms with Crippen molar-refractivity contribution in [2.24, 2.45) is 0 Å². The van der Waals surface area contributed by atoms with Crippen molar-refractivity contribution < 1.29 is 4.39 Å². The minimum Gasteiger partial charge on any atom is -0.234 e. The molecule has 0 spiro atoms. The summed E-state index contributed by atoms with van der Waals surface area (Å²) in [5, 5.41) is 7.92. The quantitative estimate of drug-likeness (QED) is 0.638. The molecule has 0 saturated carbocycles. The summed E-state index contributed by atoms with van der Waals surface area (Å²) in [6, 6.07) is 9.57. The van der Waals surface area contributed by atoms with Gasteiger partial charge in [0.1, 0.15) is 11.3 Å². The van der Waals surface area contributed by atoms with Gasteiger partial charge in [0.25, 0.3) is 0 Å². The average Bonchev–Trinajstić information content (AvgIpc) is 2.39. The monoisotopic (exact) mass is 226 g/mol. The zero-order valence-corrected chi connectivity index (χ0v) is 8.71. The first kappa shape index (κ1) is 9.77. The molecule has 0 aliphatic rings. The van der Waals surface area contributed by atoms with Crippen LogP contribution in [0.1, 0.15) is 0 Å². The van der Waals surface area contributed by atoms with E-state index in [9.17, 15) is 4.39 Å². The van der Waals surface area contributed by atoms with Crippen molar-refractivity contribution in [1.29, 1.82) is 0 Å². The van der Waals surface area contributed by atoms with Crippen molar-refractivity contribution >= 4 is 11.2 Å². The van der Waals surface area contributed by atoms with Gasteiger partial charge in [-0.1, -0.05) is 0 Å². The number of nitrogens with zero attached hydrogens (tertiary/aromatic N) is 4. The highest BCUT2D eigenvalue weighted by atomic mass is 19.1. The summed E-state index contributed by atoms with van der Waals surface area (Å²) in [5.41, 5.74) is 1.89. The molecule has 0 atom stereocenters. The third-order valence-corrected chi connectivity index (χ3v) is 2.33. The Kier molecular flexibility index (Phi) is 2.22. The van der Waals surface area contributed by atoms with Crippen LogP contribution in [0, 0.1) is 5.82 Å². The smallest absolute Gasteiger partial charge is 0.200 e. The second-order valence-electron chi connectivity index (χ2n) is 3.49. The van der Waals surface area contributed by atoms with Crippen LogP contribution in [0.25, 0.3) is 22.6 Å². The normalized spacial score (nSPS) is 10.6. The van der Waals surface area contributed by atoms with Crippen LogP contribution >= 0.6 is 0 Å². The Morgan fingerprint density at radius 3 is 2.59 bits per heavy atom. The molecule has 0 aliphatic heterocycles. The lowest BCUT2D eigenvalue weighted by Gasteiger charge is -2.00. The lowest BCUT2D eigenvalue weighted by molar-refractivity contribution is 0.628. The van der Waals surface area contributed by atoms with E-state index in [2.05, 4.69) is 20.2 Å². The van der Waals surface area contributed by atoms with E-state index in [1.165, 1.54) is 12.1 Å². The van der Waals surface area contributed by atoms with Crippen LogP contribution in [0.3, 0.4) is 0 Å². The van der Waals surface area contributed by atoms with E-state index in [0.29, 0.717) is 17.0 Å². The molecule has 2 heterocycles. The van der Waals surface area contributed by atoms with Gasteiger partial charge in [0, 0.05) is 11.8 Å². The molecule has 2 aromatic heterocycles. The number of hydrogen-bond acceptors (Lipinski definition) is 4. The second-order valence-corrected chi connectivity index (χ2v) is 3.49. The first-order valence-electron chi connectivity index (χ1n) is 5.04. The Morgan fingerprint density at radius 2 is 1.76 bits per heavy atom. The summed E-state index contributed by atoms with van der Waals surface area (Å²) in [6.45, 7) is 0. The first-order valence-corrected chi connectivity index (χ1v) is 5.04. The van der Waals surface area contributed by atoms with Gasteiger partial charge in [-0.15, -0.1) is 10.2 Å². The van der Waals surface area contributed by atoms with Crippen LogP contribution in [0.4, 0.5) is 4.39 Å². The number of hydrogen-bond donors (Lipinski definition) is 0. The van der Waals surface area contributed by atoms with E-state index in [0.717, 1.165) is 5.56 Å². The van der Waals surface area contributed by atoms with Crippen molar-refractivity contribution in [3.63, 3.8) is 0 Å². The van der Waals surface area contributed by atoms with Crippen LogP contribution in [0.5, 0.6) is 0 Å². The Labute approximate surface area is 96.2 Å². The van der Waals surface area contributed by atoms with Gasteiger partial charge in [0.2, 0.25) is 0 Å². The maximum Gasteiger partial charge on any atom is 0.200 e. The molecular weight excluding hydrogens is 219 g/mol. The van der Waals surface area contributed by atoms with Gasteiger partial charge in [-0.05, 0) is 36.4 Å². The molecule has 3 rings (SSSR count). The SMILES string of the molecule is Fc1ccc(-c2nnc3ncccc3n2)cc1. The maximum absolute atomic E-state index is 12.8. The largest absolute Gasteiger partial charge is 0.234 e. The maximum atomic E-state index is 12.8. The Bertz CT molecular complexity index is 667. The van der Waals surface area contributed by atoms with E-state index < -0.39 is 0 Å². The minimum atomic E-state index is -0.288. The average molecular weight is 226 g/mol. The summed E-state index contributed by atoms with van der Waals surface area (Å²) in [5.74, 6) is 0.176. The summed E-state index contributed by atoms with van der Waals surface area (Å²) < 4.78 is 12.8. The predicted molar refractivity (Wildman–Crippen MR) is 60.5 cm³/mol. The number of aromatic nitrogens is 4. The van der Waals surface area contributed by atoms with E-state index in [1.807, 2.05) is 6.07 Å². The fourth-order valence-electron chi connectivity index (χ4n) is 1.51. The van der Waals surface area contributed by atoms with Crippen molar-refractivity contribution in [3.8, 4) is 11.4 Å². The molecule has 0 saturated heterocycles. The second kappa shape index (κ2) is 3.86. The number of halogens is 1. The number of pyridine rings is 1. The van der Waals surface area contributed by atoms with E-state index in [1.54, 1.807) is 24.4 Å². The topological polar surface area (TPSA) is 51.6 Å². The number of benzene rings is 1. The Morgan fingerprint density at radius 1 is 0.941 bits per heavy atom. The van der Waals surface area contributed by atoms with Crippen LogP contribution < -0.4 is 0 Å². The molecule has 1 aromatic carbocycles.